The van der Waals surface area contributed by atoms with E-state index in [0.717, 1.165) is 32.2 Å². The molecule has 1 unspecified atom stereocenters. The maximum atomic E-state index is 8.96. The lowest BCUT2D eigenvalue weighted by atomic mass is 10.1. The van der Waals surface area contributed by atoms with Crippen LogP contribution in [0, 0.1) is 0 Å². The third kappa shape index (κ3) is 3.23. The van der Waals surface area contributed by atoms with E-state index in [9.17, 15) is 0 Å². The van der Waals surface area contributed by atoms with Gasteiger partial charge in [0, 0.05) is 33.3 Å². The van der Waals surface area contributed by atoms with Crippen LogP contribution in [-0.2, 0) is 0 Å². The van der Waals surface area contributed by atoms with Gasteiger partial charge in [-0.3, -0.25) is 0 Å². The molecule has 0 spiro atoms. The number of aliphatic hydroxyl groups is 1. The molecule has 7 heteroatoms. The van der Waals surface area contributed by atoms with Crippen LogP contribution in [0.4, 0.5) is 17.8 Å². The number of nitrogen functional groups attached to an aromatic ring is 1. The van der Waals surface area contributed by atoms with Gasteiger partial charge in [0.25, 0.3) is 0 Å². The van der Waals surface area contributed by atoms with Crippen LogP contribution in [0.1, 0.15) is 25.7 Å². The topological polar surface area (TPSA) is 91.4 Å². The van der Waals surface area contributed by atoms with Gasteiger partial charge in [-0.2, -0.15) is 15.0 Å². The third-order valence-corrected chi connectivity index (χ3v) is 3.36. The van der Waals surface area contributed by atoms with Gasteiger partial charge >= 0.3 is 0 Å². The summed E-state index contributed by atoms with van der Waals surface area (Å²) in [6.07, 6.45) is 4.00. The smallest absolute Gasteiger partial charge is 0.232 e. The van der Waals surface area contributed by atoms with Crippen molar-refractivity contribution in [3.8, 4) is 0 Å². The first-order chi connectivity index (χ1) is 9.11. The molecule has 1 aliphatic heterocycles. The number of hydrogen-bond acceptors (Lipinski definition) is 7. The second-order valence-corrected chi connectivity index (χ2v) is 5.04. The van der Waals surface area contributed by atoms with Gasteiger partial charge < -0.3 is 20.6 Å². The summed E-state index contributed by atoms with van der Waals surface area (Å²) in [6.45, 7) is 1.17. The van der Waals surface area contributed by atoms with Crippen molar-refractivity contribution in [2.24, 2.45) is 0 Å². The number of nitrogens with two attached hydrogens (primary N) is 1. The highest BCUT2D eigenvalue weighted by Gasteiger charge is 2.27. The predicted molar refractivity (Wildman–Crippen MR) is 75.3 cm³/mol. The largest absolute Gasteiger partial charge is 0.396 e. The highest BCUT2D eigenvalue weighted by molar-refractivity contribution is 5.44. The van der Waals surface area contributed by atoms with Crippen LogP contribution in [0.2, 0.25) is 0 Å². The zero-order valence-corrected chi connectivity index (χ0v) is 11.6. The van der Waals surface area contributed by atoms with Crippen molar-refractivity contribution in [3.05, 3.63) is 0 Å². The van der Waals surface area contributed by atoms with Gasteiger partial charge in [0.1, 0.15) is 0 Å². The Bertz CT molecular complexity index is 425. The van der Waals surface area contributed by atoms with E-state index in [1.807, 2.05) is 19.0 Å². The van der Waals surface area contributed by atoms with Gasteiger partial charge in [-0.25, -0.2) is 0 Å². The fourth-order valence-corrected chi connectivity index (χ4v) is 2.42. The summed E-state index contributed by atoms with van der Waals surface area (Å²) in [7, 11) is 3.76. The van der Waals surface area contributed by atoms with Gasteiger partial charge in [0.2, 0.25) is 17.8 Å². The second-order valence-electron chi connectivity index (χ2n) is 5.04. The van der Waals surface area contributed by atoms with Gasteiger partial charge in [0.05, 0.1) is 0 Å². The minimum atomic E-state index is 0.229. The lowest BCUT2D eigenvalue weighted by Gasteiger charge is -2.25. The molecular weight excluding hydrogens is 244 g/mol. The lowest BCUT2D eigenvalue weighted by molar-refractivity contribution is 0.279. The first-order valence-corrected chi connectivity index (χ1v) is 6.68. The molecule has 106 valence electrons. The Balaban J connectivity index is 2.20. The van der Waals surface area contributed by atoms with Gasteiger partial charge in [-0.05, 0) is 25.7 Å². The second kappa shape index (κ2) is 6.01. The molecule has 3 N–H and O–H groups in total. The molecule has 1 atom stereocenters. The number of nitrogens with zero attached hydrogens (tertiary/aromatic N) is 5. The van der Waals surface area contributed by atoms with Gasteiger partial charge in [-0.15, -0.1) is 0 Å². The summed E-state index contributed by atoms with van der Waals surface area (Å²) >= 11 is 0. The van der Waals surface area contributed by atoms with Gasteiger partial charge in [-0.1, -0.05) is 0 Å². The SMILES string of the molecule is CN(C)c1nc(N)nc(N2CCCC2CCCO)n1. The Kier molecular flexibility index (Phi) is 4.36. The first-order valence-electron chi connectivity index (χ1n) is 6.68. The maximum Gasteiger partial charge on any atom is 0.232 e. The van der Waals surface area contributed by atoms with Crippen LogP contribution >= 0.6 is 0 Å². The van der Waals surface area contributed by atoms with E-state index in [2.05, 4.69) is 19.9 Å². The zero-order chi connectivity index (χ0) is 13.8. The molecule has 0 bridgehead atoms. The standard InChI is InChI=1S/C12H22N6O/c1-17(2)11-14-10(13)15-12(16-11)18-7-3-5-9(18)6-4-8-19/h9,19H,3-8H2,1-2H3,(H2,13,14,15,16). The fourth-order valence-electron chi connectivity index (χ4n) is 2.42. The molecule has 1 aliphatic rings. The third-order valence-electron chi connectivity index (χ3n) is 3.36. The monoisotopic (exact) mass is 266 g/mol. The highest BCUT2D eigenvalue weighted by atomic mass is 16.2. The fraction of sp³-hybridized carbons (Fsp3) is 0.750. The number of hydrogen-bond donors (Lipinski definition) is 2. The van der Waals surface area contributed by atoms with Crippen LogP contribution in [0.5, 0.6) is 0 Å². The summed E-state index contributed by atoms with van der Waals surface area (Å²) in [4.78, 5) is 16.8. The lowest BCUT2D eigenvalue weighted by Crippen LogP contribution is -2.32. The Morgan fingerprint density at radius 1 is 1.37 bits per heavy atom. The molecule has 1 aromatic rings. The van der Waals surface area contributed by atoms with Crippen molar-refractivity contribution in [3.63, 3.8) is 0 Å². The molecule has 0 amide bonds. The summed E-state index contributed by atoms with van der Waals surface area (Å²) in [6, 6.07) is 0.393. The molecule has 2 rings (SSSR count). The van der Waals surface area contributed by atoms with E-state index in [4.69, 9.17) is 10.8 Å². The molecule has 19 heavy (non-hydrogen) atoms. The quantitative estimate of drug-likeness (QED) is 0.790. The van der Waals surface area contributed by atoms with E-state index in [1.54, 1.807) is 0 Å². The molecule has 0 aliphatic carbocycles. The average Bonchev–Trinajstić information content (AvgIpc) is 2.83. The van der Waals surface area contributed by atoms with Crippen molar-refractivity contribution in [2.75, 3.05) is 42.8 Å². The molecule has 1 fully saturated rings. The van der Waals surface area contributed by atoms with Crippen molar-refractivity contribution < 1.29 is 5.11 Å². The van der Waals surface area contributed by atoms with Crippen LogP contribution in [0.3, 0.4) is 0 Å². The first kappa shape index (κ1) is 13.8. The molecular formula is C12H22N6O. The number of anilines is 3. The summed E-state index contributed by atoms with van der Waals surface area (Å²) in [5.74, 6) is 1.48. The van der Waals surface area contributed by atoms with E-state index < -0.39 is 0 Å². The van der Waals surface area contributed by atoms with E-state index in [0.29, 0.717) is 17.9 Å². The van der Waals surface area contributed by atoms with Crippen molar-refractivity contribution in [1.29, 1.82) is 0 Å². The van der Waals surface area contributed by atoms with Crippen LogP contribution in [-0.4, -0.2) is 53.3 Å². The summed E-state index contributed by atoms with van der Waals surface area (Å²) in [5, 5.41) is 8.96. The average molecular weight is 266 g/mol. The van der Waals surface area contributed by atoms with Crippen LogP contribution < -0.4 is 15.5 Å². The number of aromatic nitrogens is 3. The molecule has 1 aromatic heterocycles. The molecule has 7 nitrogen and oxygen atoms in total. The Morgan fingerprint density at radius 2 is 2.16 bits per heavy atom. The Hall–Kier alpha value is -1.63. The molecule has 0 saturated carbocycles. The van der Waals surface area contributed by atoms with Crippen LogP contribution in [0.25, 0.3) is 0 Å². The minimum Gasteiger partial charge on any atom is -0.396 e. The summed E-state index contributed by atoms with van der Waals surface area (Å²) < 4.78 is 0. The summed E-state index contributed by atoms with van der Waals surface area (Å²) in [5.41, 5.74) is 5.75. The van der Waals surface area contributed by atoms with Gasteiger partial charge in [0.15, 0.2) is 0 Å². The van der Waals surface area contributed by atoms with E-state index >= 15 is 0 Å². The molecule has 1 saturated heterocycles. The normalized spacial score (nSPS) is 18.9. The molecule has 0 radical (unpaired) electrons. The van der Waals surface area contributed by atoms with E-state index in [-0.39, 0.29) is 12.6 Å². The van der Waals surface area contributed by atoms with Crippen molar-refractivity contribution in [2.45, 2.75) is 31.7 Å². The molecule has 2 heterocycles. The number of rotatable bonds is 5. The maximum absolute atomic E-state index is 8.96. The zero-order valence-electron chi connectivity index (χ0n) is 11.6. The van der Waals surface area contributed by atoms with Crippen LogP contribution in [0.15, 0.2) is 0 Å². The minimum absolute atomic E-state index is 0.229. The molecule has 0 aromatic carbocycles. The van der Waals surface area contributed by atoms with Crippen molar-refractivity contribution in [1.82, 2.24) is 15.0 Å². The van der Waals surface area contributed by atoms with E-state index in [1.165, 1.54) is 0 Å². The number of aliphatic hydroxyl groups excluding tert-OH is 1. The highest BCUT2D eigenvalue weighted by Crippen LogP contribution is 2.26. The predicted octanol–water partition coefficient (Wildman–Crippen LogP) is 0.261. The van der Waals surface area contributed by atoms with Crippen molar-refractivity contribution >= 4 is 17.8 Å². The Morgan fingerprint density at radius 3 is 2.84 bits per heavy atom. The Labute approximate surface area is 113 Å².